The summed E-state index contributed by atoms with van der Waals surface area (Å²) in [6.45, 7) is 0.658. The number of nitrogens with one attached hydrogen (secondary N) is 2. The number of fused-ring (bicyclic) bond motifs is 3. The molecule has 0 aliphatic heterocycles. The van der Waals surface area contributed by atoms with E-state index in [1.165, 1.54) is 0 Å². The van der Waals surface area contributed by atoms with Crippen LogP contribution in [0.1, 0.15) is 26.3 Å². The van der Waals surface area contributed by atoms with Gasteiger partial charge in [-0.1, -0.05) is 30.3 Å². The number of rotatable bonds is 4. The summed E-state index contributed by atoms with van der Waals surface area (Å²) in [7, 11) is 0. The van der Waals surface area contributed by atoms with Crippen molar-refractivity contribution in [2.24, 2.45) is 11.7 Å². The molecule has 6 N–H and O–H groups in total. The molecule has 4 aromatic rings. The molecule has 0 bridgehead atoms. The Morgan fingerprint density at radius 2 is 1.25 bits per heavy atom. The molecule has 4 rings (SSSR count). The van der Waals surface area contributed by atoms with E-state index in [-0.39, 0.29) is 11.8 Å². The normalized spacial score (nSPS) is 10.9. The van der Waals surface area contributed by atoms with Gasteiger partial charge in [0.05, 0.1) is 0 Å². The van der Waals surface area contributed by atoms with E-state index in [0.29, 0.717) is 17.7 Å². The molecule has 0 fully saturated rings. The van der Waals surface area contributed by atoms with Crippen molar-refractivity contribution in [2.75, 3.05) is 0 Å². The molecule has 0 atom stereocenters. The number of benzene rings is 3. The average molecular weight is 373 g/mol. The van der Waals surface area contributed by atoms with Crippen molar-refractivity contribution in [3.05, 3.63) is 83.4 Å². The Hall–Kier alpha value is -3.68. The number of carbonyl (C=O) groups excluding carboxylic acids is 2. The lowest BCUT2D eigenvalue weighted by Crippen LogP contribution is -2.29. The number of nitrogen functional groups attached to an aromatic ring is 2. The van der Waals surface area contributed by atoms with Crippen molar-refractivity contribution in [3.63, 3.8) is 0 Å². The lowest BCUT2D eigenvalue weighted by Gasteiger charge is -2.08. The van der Waals surface area contributed by atoms with Gasteiger partial charge in [0, 0.05) is 39.5 Å². The summed E-state index contributed by atoms with van der Waals surface area (Å²) < 4.78 is 2.16. The van der Waals surface area contributed by atoms with Gasteiger partial charge in [-0.05, 0) is 42.0 Å². The van der Waals surface area contributed by atoms with Crippen molar-refractivity contribution in [2.45, 2.75) is 6.54 Å². The van der Waals surface area contributed by atoms with E-state index in [9.17, 15) is 9.59 Å². The molecule has 0 spiro atoms. The first kappa shape index (κ1) is 17.7. The predicted molar refractivity (Wildman–Crippen MR) is 108 cm³/mol. The highest BCUT2D eigenvalue weighted by atomic mass is 16.2. The van der Waals surface area contributed by atoms with Crippen molar-refractivity contribution in [1.29, 1.82) is 0 Å². The van der Waals surface area contributed by atoms with Crippen LogP contribution in [0.3, 0.4) is 0 Å². The second-order valence-electron chi connectivity index (χ2n) is 6.48. The highest BCUT2D eigenvalue weighted by molar-refractivity contribution is 6.12. The molecule has 3 aromatic carbocycles. The number of hydrogen-bond donors (Lipinski definition) is 4. The number of carbonyl (C=O) groups is 2. The first-order chi connectivity index (χ1) is 13.6. The van der Waals surface area contributed by atoms with Crippen LogP contribution in [-0.4, -0.2) is 16.4 Å². The highest BCUT2D eigenvalue weighted by Gasteiger charge is 2.15. The number of hydrogen-bond acceptors (Lipinski definition) is 4. The van der Waals surface area contributed by atoms with Crippen LogP contribution in [0.4, 0.5) is 0 Å². The minimum absolute atomic E-state index is 0.373. The van der Waals surface area contributed by atoms with Crippen LogP contribution >= 0.6 is 0 Å². The van der Waals surface area contributed by atoms with Crippen LogP contribution in [0, 0.1) is 0 Å². The molecule has 1 heterocycles. The van der Waals surface area contributed by atoms with E-state index in [0.717, 1.165) is 27.4 Å². The molecule has 7 heteroatoms. The molecule has 1 aromatic heterocycles. The van der Waals surface area contributed by atoms with Gasteiger partial charge in [0.1, 0.15) is 0 Å². The molecule has 0 saturated carbocycles. The number of aromatic nitrogens is 1. The van der Waals surface area contributed by atoms with Gasteiger partial charge in [-0.25, -0.2) is 11.7 Å². The second-order valence-corrected chi connectivity index (χ2v) is 6.48. The summed E-state index contributed by atoms with van der Waals surface area (Å²) >= 11 is 0. The Bertz CT molecular complexity index is 1120. The zero-order valence-electron chi connectivity index (χ0n) is 15.0. The molecular formula is C21H19N5O2. The van der Waals surface area contributed by atoms with Crippen LogP contribution in [-0.2, 0) is 6.54 Å². The molecule has 7 nitrogen and oxygen atoms in total. The van der Waals surface area contributed by atoms with E-state index < -0.39 is 0 Å². The number of hydrazine groups is 2. The Morgan fingerprint density at radius 1 is 0.750 bits per heavy atom. The monoisotopic (exact) mass is 373 g/mol. The minimum atomic E-state index is -0.373. The van der Waals surface area contributed by atoms with Crippen LogP contribution in [0.2, 0.25) is 0 Å². The summed E-state index contributed by atoms with van der Waals surface area (Å²) in [5.74, 6) is 9.81. The summed E-state index contributed by atoms with van der Waals surface area (Å²) in [5.41, 5.74) is 8.26. The zero-order valence-corrected chi connectivity index (χ0v) is 15.0. The van der Waals surface area contributed by atoms with Crippen molar-refractivity contribution in [3.8, 4) is 0 Å². The lowest BCUT2D eigenvalue weighted by atomic mass is 10.1. The SMILES string of the molecule is NNC(=O)c1ccc2c(c1)c1cc(C(=O)NN)ccc1n2Cc1ccccc1. The maximum atomic E-state index is 12.0. The van der Waals surface area contributed by atoms with Gasteiger partial charge in [0.15, 0.2) is 0 Å². The third-order valence-electron chi connectivity index (χ3n) is 4.83. The molecule has 0 aliphatic rings. The molecule has 140 valence electrons. The molecule has 0 saturated heterocycles. The quantitative estimate of drug-likeness (QED) is 0.249. The fourth-order valence-corrected chi connectivity index (χ4v) is 3.49. The molecule has 28 heavy (non-hydrogen) atoms. The Labute approximate surface area is 160 Å². The smallest absolute Gasteiger partial charge is 0.265 e. The van der Waals surface area contributed by atoms with Crippen LogP contribution in [0.5, 0.6) is 0 Å². The number of amides is 2. The van der Waals surface area contributed by atoms with Crippen molar-refractivity contribution in [1.82, 2.24) is 15.4 Å². The van der Waals surface area contributed by atoms with Crippen molar-refractivity contribution >= 4 is 33.6 Å². The van der Waals surface area contributed by atoms with E-state index in [2.05, 4.69) is 27.6 Å². The van der Waals surface area contributed by atoms with E-state index in [4.69, 9.17) is 11.7 Å². The summed E-state index contributed by atoms with van der Waals surface area (Å²) in [6.07, 6.45) is 0. The maximum Gasteiger partial charge on any atom is 0.265 e. The van der Waals surface area contributed by atoms with Gasteiger partial charge in [-0.3, -0.25) is 20.4 Å². The third-order valence-corrected chi connectivity index (χ3v) is 4.83. The van der Waals surface area contributed by atoms with Crippen LogP contribution in [0.25, 0.3) is 21.8 Å². The summed E-state index contributed by atoms with van der Waals surface area (Å²) in [5, 5.41) is 1.72. The van der Waals surface area contributed by atoms with Gasteiger partial charge in [0.25, 0.3) is 11.8 Å². The standard InChI is InChI=1S/C21H19N5O2/c22-24-20(27)14-6-8-18-16(10-14)17-11-15(21(28)25-23)7-9-19(17)26(18)12-13-4-2-1-3-5-13/h1-11H,12,22-23H2,(H,24,27)(H,25,28). The van der Waals surface area contributed by atoms with E-state index in [1.54, 1.807) is 24.3 Å². The van der Waals surface area contributed by atoms with Gasteiger partial charge in [-0.15, -0.1) is 0 Å². The first-order valence-corrected chi connectivity index (χ1v) is 8.74. The van der Waals surface area contributed by atoms with Crippen LogP contribution in [0.15, 0.2) is 66.7 Å². The lowest BCUT2D eigenvalue weighted by molar-refractivity contribution is 0.0946. The fourth-order valence-electron chi connectivity index (χ4n) is 3.49. The number of nitrogens with zero attached hydrogens (tertiary/aromatic N) is 1. The topological polar surface area (TPSA) is 115 Å². The van der Waals surface area contributed by atoms with Crippen molar-refractivity contribution < 1.29 is 9.59 Å². The van der Waals surface area contributed by atoms with E-state index >= 15 is 0 Å². The van der Waals surface area contributed by atoms with Gasteiger partial charge >= 0.3 is 0 Å². The Kier molecular flexibility index (Phi) is 4.52. The average Bonchev–Trinajstić information content (AvgIpc) is 3.05. The van der Waals surface area contributed by atoms with Crippen LogP contribution < -0.4 is 22.5 Å². The minimum Gasteiger partial charge on any atom is -0.336 e. The van der Waals surface area contributed by atoms with Gasteiger partial charge < -0.3 is 4.57 Å². The third kappa shape index (κ3) is 2.98. The maximum absolute atomic E-state index is 12.0. The summed E-state index contributed by atoms with van der Waals surface area (Å²) in [4.78, 5) is 24.0. The first-order valence-electron chi connectivity index (χ1n) is 8.74. The zero-order chi connectivity index (χ0) is 19.7. The van der Waals surface area contributed by atoms with E-state index in [1.807, 2.05) is 30.3 Å². The highest BCUT2D eigenvalue weighted by Crippen LogP contribution is 2.31. The van der Waals surface area contributed by atoms with Gasteiger partial charge in [-0.2, -0.15) is 0 Å². The molecule has 0 unspecified atom stereocenters. The Balaban J connectivity index is 1.98. The molecular weight excluding hydrogens is 354 g/mol. The molecule has 0 aliphatic carbocycles. The predicted octanol–water partition coefficient (Wildman–Crippen LogP) is 2.05. The summed E-state index contributed by atoms with van der Waals surface area (Å²) in [6, 6.07) is 20.9. The largest absolute Gasteiger partial charge is 0.336 e. The Morgan fingerprint density at radius 3 is 1.71 bits per heavy atom. The molecule has 0 radical (unpaired) electrons. The molecule has 2 amide bonds. The second kappa shape index (κ2) is 7.15. The van der Waals surface area contributed by atoms with Gasteiger partial charge in [0.2, 0.25) is 0 Å². The fraction of sp³-hybridized carbons (Fsp3) is 0.0476. The number of nitrogens with two attached hydrogens (primary N) is 2.